The predicted molar refractivity (Wildman–Crippen MR) is 138 cm³/mol. The van der Waals surface area contributed by atoms with Crippen molar-refractivity contribution in [1.29, 1.82) is 5.26 Å². The average Bonchev–Trinajstić information content (AvgIpc) is 2.87. The van der Waals surface area contributed by atoms with Crippen LogP contribution < -0.4 is 16.0 Å². The van der Waals surface area contributed by atoms with E-state index in [1.807, 2.05) is 13.8 Å². The van der Waals surface area contributed by atoms with E-state index >= 15 is 0 Å². The normalized spacial score (nSPS) is 11.9. The number of carbonyl (C=O) groups is 1. The number of hydrogen-bond donors (Lipinski definition) is 3. The Morgan fingerprint density at radius 2 is 1.78 bits per heavy atom. The van der Waals surface area contributed by atoms with Crippen LogP contribution in [0.3, 0.4) is 0 Å². The summed E-state index contributed by atoms with van der Waals surface area (Å²) in [5.74, 6) is -0.742. The third-order valence-electron chi connectivity index (χ3n) is 5.08. The van der Waals surface area contributed by atoms with Gasteiger partial charge in [-0.15, -0.1) is 0 Å². The monoisotopic (exact) mass is 542 g/mol. The van der Waals surface area contributed by atoms with Gasteiger partial charge in [0.15, 0.2) is 6.19 Å². The maximum Gasteiger partial charge on any atom is 0.251 e. The zero-order chi connectivity index (χ0) is 27.1. The summed E-state index contributed by atoms with van der Waals surface area (Å²) in [4.78, 5) is 20.5. The van der Waals surface area contributed by atoms with E-state index in [1.54, 1.807) is 30.5 Å². The Labute approximate surface area is 219 Å². The first-order valence-electron chi connectivity index (χ1n) is 11.0. The van der Waals surface area contributed by atoms with Gasteiger partial charge in [-0.3, -0.25) is 20.1 Å². The molecule has 3 N–H and O–H groups in total. The molecule has 0 aliphatic carbocycles. The number of halogens is 2. The molecular formula is C25H24ClFN6O3S. The molecule has 0 radical (unpaired) electrons. The van der Waals surface area contributed by atoms with Crippen LogP contribution in [0.4, 0.5) is 10.1 Å². The molecule has 3 aromatic rings. The first kappa shape index (κ1) is 27.6. The molecule has 0 atom stereocenters. The van der Waals surface area contributed by atoms with Crippen LogP contribution in [0.1, 0.15) is 24.2 Å². The molecule has 0 aliphatic rings. The standard InChI is InChI=1S/C25H24ClFN6O3S/c1-25(2,14-30-23(34)17-3-5-18(26)6-4-17)15-31-24(32-16-28)33-20-11-22(13-29-12-20)37(35,36)21-9-7-19(27)8-10-21/h3-13H,14-15H2,1-2H3,(H,30,34)(H2,31,32,33). The van der Waals surface area contributed by atoms with Crippen molar-refractivity contribution in [3.05, 3.63) is 83.4 Å². The van der Waals surface area contributed by atoms with E-state index in [4.69, 9.17) is 16.9 Å². The number of amides is 1. The molecule has 37 heavy (non-hydrogen) atoms. The lowest BCUT2D eigenvalue weighted by Crippen LogP contribution is -2.37. The zero-order valence-electron chi connectivity index (χ0n) is 20.0. The van der Waals surface area contributed by atoms with Gasteiger partial charge < -0.3 is 10.6 Å². The lowest BCUT2D eigenvalue weighted by molar-refractivity contribution is 0.0938. The lowest BCUT2D eigenvalue weighted by atomic mass is 9.93. The average molecular weight is 543 g/mol. The molecule has 2 aromatic carbocycles. The second kappa shape index (κ2) is 11.8. The summed E-state index contributed by atoms with van der Waals surface area (Å²) in [6.45, 7) is 4.29. The van der Waals surface area contributed by atoms with Crippen LogP contribution in [0, 0.1) is 22.7 Å². The minimum absolute atomic E-state index is 0.0673. The minimum atomic E-state index is -3.94. The molecule has 0 saturated carbocycles. The zero-order valence-corrected chi connectivity index (χ0v) is 21.6. The van der Waals surface area contributed by atoms with Crippen molar-refractivity contribution in [2.24, 2.45) is 10.4 Å². The SMILES string of the molecule is CC(C)(CN=C(NC#N)Nc1cncc(S(=O)(=O)c2ccc(F)cc2)c1)CNC(=O)c1ccc(Cl)cc1. The Morgan fingerprint density at radius 3 is 2.43 bits per heavy atom. The number of aliphatic imine (C=N–C) groups is 1. The molecule has 1 heterocycles. The molecule has 1 aromatic heterocycles. The third-order valence-corrected chi connectivity index (χ3v) is 7.07. The molecule has 9 nitrogen and oxygen atoms in total. The number of rotatable bonds is 8. The van der Waals surface area contributed by atoms with Gasteiger partial charge in [0.1, 0.15) is 5.82 Å². The summed E-state index contributed by atoms with van der Waals surface area (Å²) >= 11 is 5.86. The summed E-state index contributed by atoms with van der Waals surface area (Å²) in [5.41, 5.74) is 0.247. The van der Waals surface area contributed by atoms with Crippen LogP contribution >= 0.6 is 11.6 Å². The molecule has 0 aliphatic heterocycles. The molecule has 0 saturated heterocycles. The topological polar surface area (TPSA) is 136 Å². The van der Waals surface area contributed by atoms with Crippen LogP contribution in [0.15, 0.2) is 81.8 Å². The second-order valence-corrected chi connectivity index (χ2v) is 11.1. The van der Waals surface area contributed by atoms with Gasteiger partial charge in [-0.1, -0.05) is 25.4 Å². The molecular weight excluding hydrogens is 519 g/mol. The predicted octanol–water partition coefficient (Wildman–Crippen LogP) is 4.00. The Bertz CT molecular complexity index is 1440. The molecule has 0 spiro atoms. The van der Waals surface area contributed by atoms with Gasteiger partial charge in [0.05, 0.1) is 21.7 Å². The summed E-state index contributed by atoms with van der Waals surface area (Å²) in [7, 11) is -3.94. The summed E-state index contributed by atoms with van der Waals surface area (Å²) in [6.07, 6.45) is 4.32. The highest BCUT2D eigenvalue weighted by Gasteiger charge is 2.21. The number of pyridine rings is 1. The smallest absolute Gasteiger partial charge is 0.251 e. The first-order valence-corrected chi connectivity index (χ1v) is 12.8. The quantitative estimate of drug-likeness (QED) is 0.129. The van der Waals surface area contributed by atoms with Crippen molar-refractivity contribution in [2.45, 2.75) is 23.6 Å². The van der Waals surface area contributed by atoms with E-state index in [2.05, 4.69) is 25.9 Å². The Hall–Kier alpha value is -4.01. The molecule has 0 fully saturated rings. The summed E-state index contributed by atoms with van der Waals surface area (Å²) in [6, 6.07) is 12.3. The lowest BCUT2D eigenvalue weighted by Gasteiger charge is -2.23. The van der Waals surface area contributed by atoms with E-state index in [-0.39, 0.29) is 33.9 Å². The fourth-order valence-corrected chi connectivity index (χ4v) is 4.43. The van der Waals surface area contributed by atoms with Gasteiger partial charge in [-0.05, 0) is 54.6 Å². The highest BCUT2D eigenvalue weighted by atomic mass is 35.5. The largest absolute Gasteiger partial charge is 0.351 e. The summed E-state index contributed by atoms with van der Waals surface area (Å²) in [5, 5.41) is 17.8. The number of benzene rings is 2. The molecule has 0 bridgehead atoms. The molecule has 3 rings (SSSR count). The second-order valence-electron chi connectivity index (χ2n) is 8.75. The van der Waals surface area contributed by atoms with Crippen LogP contribution in [0.5, 0.6) is 0 Å². The first-order chi connectivity index (χ1) is 17.5. The van der Waals surface area contributed by atoms with Crippen molar-refractivity contribution < 1.29 is 17.6 Å². The van der Waals surface area contributed by atoms with Crippen molar-refractivity contribution in [3.8, 4) is 6.19 Å². The van der Waals surface area contributed by atoms with Gasteiger partial charge in [-0.2, -0.15) is 5.26 Å². The fourth-order valence-electron chi connectivity index (χ4n) is 3.06. The van der Waals surface area contributed by atoms with Gasteiger partial charge in [0.2, 0.25) is 15.8 Å². The number of anilines is 1. The number of sulfone groups is 1. The maximum atomic E-state index is 13.2. The highest BCUT2D eigenvalue weighted by Crippen LogP contribution is 2.23. The molecule has 12 heteroatoms. The number of hydrogen-bond acceptors (Lipinski definition) is 6. The summed E-state index contributed by atoms with van der Waals surface area (Å²) < 4.78 is 39.0. The van der Waals surface area contributed by atoms with Gasteiger partial charge in [0.25, 0.3) is 5.91 Å². The highest BCUT2D eigenvalue weighted by molar-refractivity contribution is 7.91. The van der Waals surface area contributed by atoms with E-state index < -0.39 is 21.1 Å². The third kappa shape index (κ3) is 7.73. The molecule has 0 unspecified atom stereocenters. The van der Waals surface area contributed by atoms with Gasteiger partial charge >= 0.3 is 0 Å². The van der Waals surface area contributed by atoms with Crippen LogP contribution in [-0.4, -0.2) is 38.4 Å². The number of nitrogens with zero attached hydrogens (tertiary/aromatic N) is 3. The van der Waals surface area contributed by atoms with Crippen molar-refractivity contribution in [1.82, 2.24) is 15.6 Å². The number of nitrogens with one attached hydrogen (secondary N) is 3. The van der Waals surface area contributed by atoms with Crippen molar-refractivity contribution >= 4 is 39.0 Å². The maximum absolute atomic E-state index is 13.2. The van der Waals surface area contributed by atoms with Gasteiger partial charge in [-0.25, -0.2) is 12.8 Å². The van der Waals surface area contributed by atoms with E-state index in [1.165, 1.54) is 30.6 Å². The number of guanidine groups is 1. The van der Waals surface area contributed by atoms with Gasteiger partial charge in [0, 0.05) is 35.3 Å². The number of aromatic nitrogens is 1. The van der Waals surface area contributed by atoms with Crippen molar-refractivity contribution in [3.63, 3.8) is 0 Å². The van der Waals surface area contributed by atoms with Crippen LogP contribution in [-0.2, 0) is 9.84 Å². The number of carbonyl (C=O) groups excluding carboxylic acids is 1. The Kier molecular flexibility index (Phi) is 8.81. The van der Waals surface area contributed by atoms with E-state index in [0.29, 0.717) is 17.1 Å². The molecule has 192 valence electrons. The molecule has 1 amide bonds. The van der Waals surface area contributed by atoms with E-state index in [9.17, 15) is 17.6 Å². The van der Waals surface area contributed by atoms with E-state index in [0.717, 1.165) is 12.1 Å². The van der Waals surface area contributed by atoms with Crippen LogP contribution in [0.2, 0.25) is 5.02 Å². The Morgan fingerprint density at radius 1 is 1.11 bits per heavy atom. The number of nitriles is 1. The van der Waals surface area contributed by atoms with Crippen LogP contribution in [0.25, 0.3) is 0 Å². The Balaban J connectivity index is 1.69. The fraction of sp³-hybridized carbons (Fsp3) is 0.200. The minimum Gasteiger partial charge on any atom is -0.351 e. The van der Waals surface area contributed by atoms with Crippen molar-refractivity contribution in [2.75, 3.05) is 18.4 Å².